The van der Waals surface area contributed by atoms with Gasteiger partial charge in [0.2, 0.25) is 0 Å². The highest BCUT2D eigenvalue weighted by molar-refractivity contribution is 5.80. The van der Waals surface area contributed by atoms with Gasteiger partial charge in [0.15, 0.2) is 5.43 Å². The van der Waals surface area contributed by atoms with Gasteiger partial charge in [0.25, 0.3) is 0 Å². The Bertz CT molecular complexity index is 1070. The first-order valence-electron chi connectivity index (χ1n) is 11.5. The van der Waals surface area contributed by atoms with Crippen molar-refractivity contribution in [3.05, 3.63) is 64.6 Å². The van der Waals surface area contributed by atoms with Gasteiger partial charge in [-0.25, -0.2) is 4.39 Å². The lowest BCUT2D eigenvalue weighted by Gasteiger charge is -2.29. The lowest BCUT2D eigenvalue weighted by atomic mass is 10.1. The van der Waals surface area contributed by atoms with Crippen LogP contribution < -0.4 is 10.2 Å². The van der Waals surface area contributed by atoms with E-state index in [1.54, 1.807) is 24.3 Å². The van der Waals surface area contributed by atoms with Gasteiger partial charge in [0, 0.05) is 24.7 Å². The van der Waals surface area contributed by atoms with E-state index in [0.717, 1.165) is 51.7 Å². The van der Waals surface area contributed by atoms with Crippen molar-refractivity contribution in [2.75, 3.05) is 26.2 Å². The zero-order valence-electron chi connectivity index (χ0n) is 18.3. The molecule has 32 heavy (non-hydrogen) atoms. The van der Waals surface area contributed by atoms with E-state index in [0.29, 0.717) is 34.6 Å². The number of halogens is 1. The fourth-order valence-electron chi connectivity index (χ4n) is 4.11. The summed E-state index contributed by atoms with van der Waals surface area (Å²) in [6.07, 6.45) is 6.08. The van der Waals surface area contributed by atoms with Crippen LogP contribution in [0, 0.1) is 5.82 Å². The Kier molecular flexibility index (Phi) is 7.55. The Labute approximate surface area is 187 Å². The highest BCUT2D eigenvalue weighted by atomic mass is 19.1. The number of hydrogen-bond donors (Lipinski definition) is 1. The number of unbranched alkanes of at least 4 members (excludes halogenated alkanes) is 3. The number of ether oxygens (including phenoxy) is 1. The molecule has 0 atom stereocenters. The van der Waals surface area contributed by atoms with Crippen molar-refractivity contribution in [1.82, 2.24) is 4.90 Å². The van der Waals surface area contributed by atoms with Crippen LogP contribution in [0.25, 0.3) is 22.3 Å². The van der Waals surface area contributed by atoms with E-state index < -0.39 is 0 Å². The fraction of sp³-hybridized carbons (Fsp3) is 0.423. The first-order valence-corrected chi connectivity index (χ1v) is 11.5. The van der Waals surface area contributed by atoms with Crippen LogP contribution in [0.4, 0.5) is 4.39 Å². The number of fused-ring (bicyclic) bond motifs is 1. The Morgan fingerprint density at radius 3 is 2.53 bits per heavy atom. The van der Waals surface area contributed by atoms with Gasteiger partial charge in [0.05, 0.1) is 18.1 Å². The Morgan fingerprint density at radius 1 is 1.00 bits per heavy atom. The Morgan fingerprint density at radius 2 is 1.75 bits per heavy atom. The summed E-state index contributed by atoms with van der Waals surface area (Å²) in [4.78, 5) is 15.0. The van der Waals surface area contributed by atoms with E-state index in [2.05, 4.69) is 4.90 Å². The Hall–Kier alpha value is -2.70. The Balaban J connectivity index is 1.24. The number of aliphatic hydroxyl groups excluding tert-OH is 1. The summed E-state index contributed by atoms with van der Waals surface area (Å²) in [5.74, 6) is 0.740. The zero-order chi connectivity index (χ0) is 22.3. The van der Waals surface area contributed by atoms with E-state index in [9.17, 15) is 14.3 Å². The van der Waals surface area contributed by atoms with Crippen LogP contribution in [0.3, 0.4) is 0 Å². The first-order chi connectivity index (χ1) is 15.6. The third-order valence-electron chi connectivity index (χ3n) is 6.02. The minimum absolute atomic E-state index is 0.110. The number of rotatable bonds is 9. The molecule has 1 aromatic heterocycles. The maximum atomic E-state index is 13.1. The van der Waals surface area contributed by atoms with Crippen molar-refractivity contribution in [3.8, 4) is 17.1 Å². The minimum Gasteiger partial charge on any atom is -0.494 e. The normalized spacial score (nSPS) is 15.3. The second-order valence-corrected chi connectivity index (χ2v) is 8.48. The van der Waals surface area contributed by atoms with Crippen LogP contribution >= 0.6 is 0 Å². The summed E-state index contributed by atoms with van der Waals surface area (Å²) >= 11 is 0. The van der Waals surface area contributed by atoms with Crippen LogP contribution in [-0.4, -0.2) is 42.4 Å². The van der Waals surface area contributed by atoms with Gasteiger partial charge in [-0.05, 0) is 74.7 Å². The van der Waals surface area contributed by atoms with E-state index in [-0.39, 0.29) is 17.3 Å². The molecular formula is C26H30FNO4. The number of hydrogen-bond acceptors (Lipinski definition) is 5. The van der Waals surface area contributed by atoms with Crippen LogP contribution in [-0.2, 0) is 0 Å². The monoisotopic (exact) mass is 439 g/mol. The molecule has 0 saturated carbocycles. The standard InChI is InChI=1S/C26H30FNO4/c27-20-7-5-19(6-8-20)26-18-24(30)23-17-22(9-10-25(23)32-26)31-16-4-2-1-3-13-28-14-11-21(29)12-15-28/h5-10,17-18,21,29H,1-4,11-16H2. The van der Waals surface area contributed by atoms with Crippen molar-refractivity contribution in [2.24, 2.45) is 0 Å². The van der Waals surface area contributed by atoms with Crippen LogP contribution in [0.15, 0.2) is 57.7 Å². The number of nitrogens with zero attached hydrogens (tertiary/aromatic N) is 1. The van der Waals surface area contributed by atoms with Crippen molar-refractivity contribution in [1.29, 1.82) is 0 Å². The maximum absolute atomic E-state index is 13.1. The van der Waals surface area contributed by atoms with Crippen molar-refractivity contribution in [3.63, 3.8) is 0 Å². The fourth-order valence-corrected chi connectivity index (χ4v) is 4.11. The quantitative estimate of drug-likeness (QED) is 0.476. The summed E-state index contributed by atoms with van der Waals surface area (Å²) in [6, 6.07) is 12.6. The number of piperidine rings is 1. The van der Waals surface area contributed by atoms with Gasteiger partial charge in [-0.3, -0.25) is 4.79 Å². The highest BCUT2D eigenvalue weighted by Gasteiger charge is 2.16. The molecule has 1 fully saturated rings. The third-order valence-corrected chi connectivity index (χ3v) is 6.02. The average molecular weight is 440 g/mol. The lowest BCUT2D eigenvalue weighted by molar-refractivity contribution is 0.0817. The molecule has 5 nitrogen and oxygen atoms in total. The largest absolute Gasteiger partial charge is 0.494 e. The summed E-state index contributed by atoms with van der Waals surface area (Å²) in [5, 5.41) is 10.0. The molecule has 0 spiro atoms. The lowest BCUT2D eigenvalue weighted by Crippen LogP contribution is -2.36. The highest BCUT2D eigenvalue weighted by Crippen LogP contribution is 2.25. The molecule has 4 rings (SSSR count). The predicted octanol–water partition coefficient (Wildman–Crippen LogP) is 5.00. The van der Waals surface area contributed by atoms with Gasteiger partial charge in [-0.2, -0.15) is 0 Å². The molecule has 1 N–H and O–H groups in total. The smallest absolute Gasteiger partial charge is 0.193 e. The van der Waals surface area contributed by atoms with Gasteiger partial charge < -0.3 is 19.2 Å². The second-order valence-electron chi connectivity index (χ2n) is 8.48. The van der Waals surface area contributed by atoms with E-state index in [1.807, 2.05) is 6.07 Å². The molecule has 0 amide bonds. The number of likely N-dealkylation sites (tertiary alicyclic amines) is 1. The molecule has 1 aliphatic rings. The van der Waals surface area contributed by atoms with Gasteiger partial charge in [0.1, 0.15) is 22.9 Å². The molecule has 1 saturated heterocycles. The summed E-state index contributed by atoms with van der Waals surface area (Å²) in [6.45, 7) is 3.73. The molecule has 2 heterocycles. The van der Waals surface area contributed by atoms with E-state index >= 15 is 0 Å². The maximum Gasteiger partial charge on any atom is 0.193 e. The molecule has 6 heteroatoms. The summed E-state index contributed by atoms with van der Waals surface area (Å²) in [7, 11) is 0. The topological polar surface area (TPSA) is 62.9 Å². The zero-order valence-corrected chi connectivity index (χ0v) is 18.3. The molecule has 0 unspecified atom stereocenters. The van der Waals surface area contributed by atoms with E-state index in [4.69, 9.17) is 9.15 Å². The molecule has 3 aromatic rings. The van der Waals surface area contributed by atoms with Gasteiger partial charge >= 0.3 is 0 Å². The predicted molar refractivity (Wildman–Crippen MR) is 124 cm³/mol. The molecule has 1 aliphatic heterocycles. The van der Waals surface area contributed by atoms with Crippen molar-refractivity contribution in [2.45, 2.75) is 44.6 Å². The number of benzene rings is 2. The number of aliphatic hydroxyl groups is 1. The van der Waals surface area contributed by atoms with Gasteiger partial charge in [-0.1, -0.05) is 12.8 Å². The van der Waals surface area contributed by atoms with E-state index in [1.165, 1.54) is 24.6 Å². The summed E-state index contributed by atoms with van der Waals surface area (Å²) in [5.41, 5.74) is 0.985. The SMILES string of the molecule is O=c1cc(-c2ccc(F)cc2)oc2ccc(OCCCCCCN3CCC(O)CC3)cc12. The van der Waals surface area contributed by atoms with Crippen LogP contribution in [0.1, 0.15) is 38.5 Å². The average Bonchev–Trinajstić information content (AvgIpc) is 2.80. The van der Waals surface area contributed by atoms with Crippen molar-refractivity contribution >= 4 is 11.0 Å². The molecule has 2 aromatic carbocycles. The summed E-state index contributed by atoms with van der Waals surface area (Å²) < 4.78 is 24.8. The van der Waals surface area contributed by atoms with Crippen LogP contribution in [0.2, 0.25) is 0 Å². The molecule has 170 valence electrons. The van der Waals surface area contributed by atoms with Gasteiger partial charge in [-0.15, -0.1) is 0 Å². The first kappa shape index (κ1) is 22.5. The molecule has 0 bridgehead atoms. The third kappa shape index (κ3) is 5.96. The van der Waals surface area contributed by atoms with Crippen molar-refractivity contribution < 1.29 is 18.7 Å². The molecule has 0 radical (unpaired) electrons. The second kappa shape index (κ2) is 10.7. The minimum atomic E-state index is -0.332. The molecular weight excluding hydrogens is 409 g/mol. The molecule has 0 aliphatic carbocycles. The van der Waals surface area contributed by atoms with Crippen LogP contribution in [0.5, 0.6) is 5.75 Å².